The molecule has 1 heterocycles. The minimum atomic E-state index is -4.09. The second-order valence-corrected chi connectivity index (χ2v) is 6.38. The van der Waals surface area contributed by atoms with Gasteiger partial charge in [-0.2, -0.15) is 8.42 Å². The Balaban J connectivity index is 2.17. The fraction of sp³-hybridized carbons (Fsp3) is 0.308. The van der Waals surface area contributed by atoms with Crippen molar-refractivity contribution >= 4 is 16.1 Å². The van der Waals surface area contributed by atoms with Crippen LogP contribution >= 0.6 is 0 Å². The van der Waals surface area contributed by atoms with Gasteiger partial charge in [0.25, 0.3) is 10.1 Å². The van der Waals surface area contributed by atoms with Crippen molar-refractivity contribution < 1.29 is 22.6 Å². The summed E-state index contributed by atoms with van der Waals surface area (Å²) in [5.74, 6) is -0.459. The highest BCUT2D eigenvalue weighted by molar-refractivity contribution is 7.86. The number of hydrogen-bond donors (Lipinski definition) is 1. The summed E-state index contributed by atoms with van der Waals surface area (Å²) in [4.78, 5) is 13.6. The van der Waals surface area contributed by atoms with Crippen LogP contribution < -0.4 is 0 Å². The fourth-order valence-corrected chi connectivity index (χ4v) is 2.95. The lowest BCUT2D eigenvalue weighted by molar-refractivity contribution is -0.397. The van der Waals surface area contributed by atoms with E-state index in [9.17, 15) is 23.6 Å². The molecule has 124 valence electrons. The first-order valence-corrected chi connectivity index (χ1v) is 8.00. The standard InChI is InChI=1S/C13H15N3O6S/c1-10-2-4-12(5-3-10)23(20,21)22-11(9-17)8-15-7-6-14-13(15)16(18)19/h2-7,11,17H,8-9H2,1H3. The summed E-state index contributed by atoms with van der Waals surface area (Å²) in [6, 6.07) is 6.01. The van der Waals surface area contributed by atoms with Crippen LogP contribution in [0.3, 0.4) is 0 Å². The van der Waals surface area contributed by atoms with Crippen molar-refractivity contribution in [3.05, 3.63) is 52.3 Å². The Morgan fingerprint density at radius 1 is 1.39 bits per heavy atom. The van der Waals surface area contributed by atoms with Gasteiger partial charge in [-0.1, -0.05) is 22.7 Å². The van der Waals surface area contributed by atoms with E-state index in [0.717, 1.165) is 10.1 Å². The number of aliphatic hydroxyl groups excluding tert-OH is 1. The number of hydrogen-bond acceptors (Lipinski definition) is 7. The second kappa shape index (κ2) is 6.86. The molecular weight excluding hydrogens is 326 g/mol. The molecule has 0 aliphatic heterocycles. The molecule has 0 spiro atoms. The second-order valence-electron chi connectivity index (χ2n) is 4.80. The van der Waals surface area contributed by atoms with Crippen LogP contribution in [0.5, 0.6) is 0 Å². The molecule has 0 radical (unpaired) electrons. The van der Waals surface area contributed by atoms with E-state index < -0.39 is 33.7 Å². The summed E-state index contributed by atoms with van der Waals surface area (Å²) >= 11 is 0. The van der Waals surface area contributed by atoms with Gasteiger partial charge in [-0.05, 0) is 24.0 Å². The molecule has 0 aliphatic rings. The number of benzene rings is 1. The summed E-state index contributed by atoms with van der Waals surface area (Å²) in [7, 11) is -4.09. The normalized spacial score (nSPS) is 13.0. The first-order chi connectivity index (χ1) is 10.8. The molecule has 0 amide bonds. The maximum absolute atomic E-state index is 12.2. The minimum absolute atomic E-state index is 0.0540. The molecule has 23 heavy (non-hydrogen) atoms. The van der Waals surface area contributed by atoms with Gasteiger partial charge in [0.2, 0.25) is 0 Å². The third-order valence-corrected chi connectivity index (χ3v) is 4.41. The summed E-state index contributed by atoms with van der Waals surface area (Å²) < 4.78 is 30.4. The molecule has 1 atom stereocenters. The van der Waals surface area contributed by atoms with Crippen molar-refractivity contribution in [1.82, 2.24) is 9.55 Å². The number of imidazole rings is 1. The highest BCUT2D eigenvalue weighted by atomic mass is 32.2. The Kier molecular flexibility index (Phi) is 5.08. The van der Waals surface area contributed by atoms with E-state index >= 15 is 0 Å². The van der Waals surface area contributed by atoms with E-state index in [1.807, 2.05) is 6.92 Å². The number of aromatic nitrogens is 2. The van der Waals surface area contributed by atoms with Crippen LogP contribution in [0.25, 0.3) is 0 Å². The Bertz CT molecular complexity index is 784. The monoisotopic (exact) mass is 341 g/mol. The van der Waals surface area contributed by atoms with Crippen molar-refractivity contribution in [2.24, 2.45) is 0 Å². The van der Waals surface area contributed by atoms with Gasteiger partial charge in [0.1, 0.15) is 25.0 Å². The van der Waals surface area contributed by atoms with Gasteiger partial charge < -0.3 is 15.2 Å². The molecule has 2 rings (SSSR count). The van der Waals surface area contributed by atoms with Crippen molar-refractivity contribution in [2.75, 3.05) is 6.61 Å². The zero-order valence-electron chi connectivity index (χ0n) is 12.2. The number of aliphatic hydroxyl groups is 1. The fourth-order valence-electron chi connectivity index (χ4n) is 1.89. The van der Waals surface area contributed by atoms with Crippen molar-refractivity contribution in [2.45, 2.75) is 24.5 Å². The summed E-state index contributed by atoms with van der Waals surface area (Å²) in [5, 5.41) is 20.1. The van der Waals surface area contributed by atoms with E-state index in [-0.39, 0.29) is 11.4 Å². The molecular formula is C13H15N3O6S. The van der Waals surface area contributed by atoms with Crippen LogP contribution in [0, 0.1) is 17.0 Å². The average Bonchev–Trinajstić information content (AvgIpc) is 2.95. The molecule has 0 saturated carbocycles. The lowest BCUT2D eigenvalue weighted by Crippen LogP contribution is -2.27. The van der Waals surface area contributed by atoms with Crippen LogP contribution in [-0.4, -0.2) is 40.7 Å². The molecule has 1 N–H and O–H groups in total. The zero-order chi connectivity index (χ0) is 17.0. The Hall–Kier alpha value is -2.30. The maximum Gasteiger partial charge on any atom is 0.434 e. The molecule has 0 saturated heterocycles. The Morgan fingerprint density at radius 2 is 2.04 bits per heavy atom. The molecule has 0 bridgehead atoms. The number of nitro groups is 1. The highest BCUT2D eigenvalue weighted by Gasteiger charge is 2.25. The smallest absolute Gasteiger partial charge is 0.393 e. The van der Waals surface area contributed by atoms with Crippen molar-refractivity contribution in [3.63, 3.8) is 0 Å². The van der Waals surface area contributed by atoms with Crippen molar-refractivity contribution in [1.29, 1.82) is 0 Å². The Labute approximate surface area is 132 Å². The molecule has 1 aromatic carbocycles. The van der Waals surface area contributed by atoms with Gasteiger partial charge in [0.15, 0.2) is 0 Å². The van der Waals surface area contributed by atoms with Crippen LogP contribution in [0.4, 0.5) is 5.95 Å². The average molecular weight is 341 g/mol. The topological polar surface area (TPSA) is 125 Å². The molecule has 0 fully saturated rings. The first-order valence-electron chi connectivity index (χ1n) is 6.60. The quantitative estimate of drug-likeness (QED) is 0.450. The lowest BCUT2D eigenvalue weighted by atomic mass is 10.2. The SMILES string of the molecule is Cc1ccc(S(=O)(=O)OC(CO)Cn2ccnc2[N+](=O)[O-])cc1. The third kappa shape index (κ3) is 4.12. The lowest BCUT2D eigenvalue weighted by Gasteiger charge is -2.14. The Morgan fingerprint density at radius 3 is 2.61 bits per heavy atom. The molecule has 2 aromatic rings. The van der Waals surface area contributed by atoms with Gasteiger partial charge in [-0.25, -0.2) is 4.57 Å². The minimum Gasteiger partial charge on any atom is -0.393 e. The van der Waals surface area contributed by atoms with E-state index in [4.69, 9.17) is 4.18 Å². The van der Waals surface area contributed by atoms with E-state index in [2.05, 4.69) is 4.98 Å². The van der Waals surface area contributed by atoms with E-state index in [1.54, 1.807) is 12.1 Å². The van der Waals surface area contributed by atoms with Gasteiger partial charge in [0, 0.05) is 0 Å². The van der Waals surface area contributed by atoms with Gasteiger partial charge in [-0.15, -0.1) is 0 Å². The summed E-state index contributed by atoms with van der Waals surface area (Å²) in [5.41, 5.74) is 0.886. The van der Waals surface area contributed by atoms with Crippen LogP contribution in [0.1, 0.15) is 5.56 Å². The predicted molar refractivity (Wildman–Crippen MR) is 79.2 cm³/mol. The molecule has 1 unspecified atom stereocenters. The van der Waals surface area contributed by atoms with E-state index in [1.165, 1.54) is 24.5 Å². The largest absolute Gasteiger partial charge is 0.434 e. The van der Waals surface area contributed by atoms with Crippen LogP contribution in [0.2, 0.25) is 0 Å². The first kappa shape index (κ1) is 17.1. The molecule has 10 heteroatoms. The molecule has 1 aromatic heterocycles. The number of nitrogens with zero attached hydrogens (tertiary/aromatic N) is 3. The van der Waals surface area contributed by atoms with E-state index in [0.29, 0.717) is 0 Å². The van der Waals surface area contributed by atoms with Crippen LogP contribution in [0.15, 0.2) is 41.6 Å². The number of aryl methyl sites for hydroxylation is 1. The van der Waals surface area contributed by atoms with Gasteiger partial charge >= 0.3 is 5.95 Å². The summed E-state index contributed by atoms with van der Waals surface area (Å²) in [6.45, 7) is 0.963. The highest BCUT2D eigenvalue weighted by Crippen LogP contribution is 2.17. The molecule has 0 aliphatic carbocycles. The predicted octanol–water partition coefficient (Wildman–Crippen LogP) is 0.866. The van der Waals surface area contributed by atoms with Crippen LogP contribution in [-0.2, 0) is 20.8 Å². The van der Waals surface area contributed by atoms with Crippen molar-refractivity contribution in [3.8, 4) is 0 Å². The summed E-state index contributed by atoms with van der Waals surface area (Å²) in [6.07, 6.45) is 1.35. The zero-order valence-corrected chi connectivity index (χ0v) is 13.0. The maximum atomic E-state index is 12.2. The number of rotatable bonds is 7. The van der Waals surface area contributed by atoms with Gasteiger partial charge in [-0.3, -0.25) is 4.18 Å². The third-order valence-electron chi connectivity index (χ3n) is 3.03. The molecule has 9 nitrogen and oxygen atoms in total. The van der Waals surface area contributed by atoms with Gasteiger partial charge in [0.05, 0.1) is 11.5 Å².